The highest BCUT2D eigenvalue weighted by Gasteiger charge is 2.33. The van der Waals surface area contributed by atoms with Crippen LogP contribution in [-0.2, 0) is 4.79 Å². The van der Waals surface area contributed by atoms with Crippen molar-refractivity contribution < 1.29 is 9.59 Å². The number of hydrogen-bond donors (Lipinski definition) is 0. The van der Waals surface area contributed by atoms with Crippen LogP contribution in [0.1, 0.15) is 41.9 Å². The van der Waals surface area contributed by atoms with Crippen molar-refractivity contribution in [2.75, 3.05) is 20.1 Å². The van der Waals surface area contributed by atoms with Crippen molar-refractivity contribution in [3.8, 4) is 0 Å². The summed E-state index contributed by atoms with van der Waals surface area (Å²) in [6.07, 6.45) is 8.62. The SMILES string of the molecule is Cc1cccnc1C(=O)N(C)CC1CCCN1C(=O)C(C)n1ccnc1. The first-order valence-corrected chi connectivity index (χ1v) is 8.94. The molecule has 3 heterocycles. The molecule has 1 saturated heterocycles. The Morgan fingerprint density at radius 3 is 2.88 bits per heavy atom. The van der Waals surface area contributed by atoms with Crippen LogP contribution in [0.15, 0.2) is 37.1 Å². The van der Waals surface area contributed by atoms with Crippen molar-refractivity contribution in [1.82, 2.24) is 24.3 Å². The number of likely N-dealkylation sites (tertiary alicyclic amines) is 1. The lowest BCUT2D eigenvalue weighted by atomic mass is 10.1. The third-order valence-corrected chi connectivity index (χ3v) is 5.03. The van der Waals surface area contributed by atoms with Crippen molar-refractivity contribution in [1.29, 1.82) is 0 Å². The van der Waals surface area contributed by atoms with E-state index in [1.807, 2.05) is 35.4 Å². The molecule has 0 radical (unpaired) electrons. The van der Waals surface area contributed by atoms with Crippen LogP contribution in [0.5, 0.6) is 0 Å². The van der Waals surface area contributed by atoms with Gasteiger partial charge in [-0.3, -0.25) is 14.6 Å². The fourth-order valence-electron chi connectivity index (χ4n) is 3.47. The molecule has 0 saturated carbocycles. The molecule has 0 N–H and O–H groups in total. The fraction of sp³-hybridized carbons (Fsp3) is 0.474. The summed E-state index contributed by atoms with van der Waals surface area (Å²) < 4.78 is 1.81. The summed E-state index contributed by atoms with van der Waals surface area (Å²) in [7, 11) is 1.77. The van der Waals surface area contributed by atoms with Crippen LogP contribution in [0.4, 0.5) is 0 Å². The Balaban J connectivity index is 1.67. The van der Waals surface area contributed by atoms with Crippen LogP contribution in [0.25, 0.3) is 0 Å². The second-order valence-corrected chi connectivity index (χ2v) is 6.87. The van der Waals surface area contributed by atoms with Gasteiger partial charge < -0.3 is 14.4 Å². The third-order valence-electron chi connectivity index (χ3n) is 5.03. The normalized spacial score (nSPS) is 18.0. The molecule has 0 spiro atoms. The lowest BCUT2D eigenvalue weighted by Gasteiger charge is -2.31. The molecule has 2 unspecified atom stereocenters. The van der Waals surface area contributed by atoms with Gasteiger partial charge in [0.1, 0.15) is 11.7 Å². The summed E-state index contributed by atoms with van der Waals surface area (Å²) in [6.45, 7) is 5.00. The van der Waals surface area contributed by atoms with E-state index in [4.69, 9.17) is 0 Å². The number of rotatable bonds is 5. The number of aryl methyl sites for hydroxylation is 1. The minimum Gasteiger partial charge on any atom is -0.338 e. The predicted molar refractivity (Wildman–Crippen MR) is 97.6 cm³/mol. The van der Waals surface area contributed by atoms with Crippen LogP contribution >= 0.6 is 0 Å². The van der Waals surface area contributed by atoms with Crippen molar-refractivity contribution >= 4 is 11.8 Å². The molecule has 2 aromatic heterocycles. The number of carbonyl (C=O) groups is 2. The maximum absolute atomic E-state index is 12.9. The molecular formula is C19H25N5O2. The highest BCUT2D eigenvalue weighted by Crippen LogP contribution is 2.22. The van der Waals surface area contributed by atoms with Crippen molar-refractivity contribution in [2.24, 2.45) is 0 Å². The molecule has 0 bridgehead atoms. The van der Waals surface area contributed by atoms with Gasteiger partial charge >= 0.3 is 0 Å². The van der Waals surface area contributed by atoms with E-state index in [1.165, 1.54) is 0 Å². The third kappa shape index (κ3) is 3.61. The average Bonchev–Trinajstić information content (AvgIpc) is 3.32. The number of amides is 2. The molecule has 0 aliphatic carbocycles. The second kappa shape index (κ2) is 7.68. The van der Waals surface area contributed by atoms with E-state index in [9.17, 15) is 9.59 Å². The molecule has 7 heteroatoms. The van der Waals surface area contributed by atoms with Crippen molar-refractivity contribution in [3.05, 3.63) is 48.3 Å². The average molecular weight is 355 g/mol. The molecule has 2 amide bonds. The predicted octanol–water partition coefficient (Wildman–Crippen LogP) is 1.91. The first-order valence-electron chi connectivity index (χ1n) is 8.94. The van der Waals surface area contributed by atoms with E-state index in [0.29, 0.717) is 12.2 Å². The number of hydrogen-bond acceptors (Lipinski definition) is 4. The largest absolute Gasteiger partial charge is 0.338 e. The summed E-state index contributed by atoms with van der Waals surface area (Å²) in [5.41, 5.74) is 1.33. The van der Waals surface area contributed by atoms with Crippen molar-refractivity contribution in [2.45, 2.75) is 38.8 Å². The zero-order valence-corrected chi connectivity index (χ0v) is 15.5. The van der Waals surface area contributed by atoms with Gasteiger partial charge in [0, 0.05) is 44.8 Å². The summed E-state index contributed by atoms with van der Waals surface area (Å²) in [6, 6.07) is 3.44. The summed E-state index contributed by atoms with van der Waals surface area (Å²) >= 11 is 0. The van der Waals surface area contributed by atoms with Crippen LogP contribution in [0.2, 0.25) is 0 Å². The zero-order valence-electron chi connectivity index (χ0n) is 15.5. The van der Waals surface area contributed by atoms with Crippen LogP contribution in [0, 0.1) is 6.92 Å². The van der Waals surface area contributed by atoms with Gasteiger partial charge in [0.05, 0.1) is 6.33 Å². The summed E-state index contributed by atoms with van der Waals surface area (Å²) in [5.74, 6) is -0.0366. The Morgan fingerprint density at radius 2 is 2.19 bits per heavy atom. The number of imidazole rings is 1. The van der Waals surface area contributed by atoms with Crippen LogP contribution < -0.4 is 0 Å². The standard InChI is InChI=1S/C19H25N5O2/c1-14-6-4-8-21-17(14)19(26)22(3)12-16-7-5-10-24(16)18(25)15(2)23-11-9-20-13-23/h4,6,8-9,11,13,15-16H,5,7,10,12H2,1-3H3. The number of likely N-dealkylation sites (N-methyl/N-ethyl adjacent to an activating group) is 1. The molecule has 138 valence electrons. The van der Waals surface area contributed by atoms with Crippen LogP contribution in [-0.4, -0.2) is 62.3 Å². The van der Waals surface area contributed by atoms with E-state index in [0.717, 1.165) is 24.9 Å². The first-order chi connectivity index (χ1) is 12.5. The van der Waals surface area contributed by atoms with E-state index in [1.54, 1.807) is 36.9 Å². The quantitative estimate of drug-likeness (QED) is 0.821. The molecule has 2 aromatic rings. The Morgan fingerprint density at radius 1 is 1.38 bits per heavy atom. The Hall–Kier alpha value is -2.70. The van der Waals surface area contributed by atoms with Gasteiger partial charge in [-0.2, -0.15) is 0 Å². The lowest BCUT2D eigenvalue weighted by Crippen LogP contribution is -2.46. The fourth-order valence-corrected chi connectivity index (χ4v) is 3.47. The Bertz CT molecular complexity index is 774. The molecule has 1 aliphatic rings. The molecule has 7 nitrogen and oxygen atoms in total. The molecular weight excluding hydrogens is 330 g/mol. The highest BCUT2D eigenvalue weighted by molar-refractivity contribution is 5.93. The Labute approximate surface area is 153 Å². The molecule has 3 rings (SSSR count). The zero-order chi connectivity index (χ0) is 18.7. The first kappa shape index (κ1) is 18.1. The monoisotopic (exact) mass is 355 g/mol. The van der Waals surface area contributed by atoms with Gasteiger partial charge in [0.25, 0.3) is 5.91 Å². The van der Waals surface area contributed by atoms with Gasteiger partial charge in [-0.1, -0.05) is 6.07 Å². The molecule has 1 fully saturated rings. The highest BCUT2D eigenvalue weighted by atomic mass is 16.2. The van der Waals surface area contributed by atoms with Gasteiger partial charge in [0.15, 0.2) is 0 Å². The Kier molecular flexibility index (Phi) is 5.35. The van der Waals surface area contributed by atoms with Gasteiger partial charge in [-0.05, 0) is 38.3 Å². The van der Waals surface area contributed by atoms with E-state index < -0.39 is 0 Å². The topological polar surface area (TPSA) is 71.3 Å². The minimum atomic E-state index is -0.294. The van der Waals surface area contributed by atoms with E-state index in [2.05, 4.69) is 9.97 Å². The number of nitrogens with zero attached hydrogens (tertiary/aromatic N) is 5. The molecule has 1 aliphatic heterocycles. The molecule has 2 atom stereocenters. The van der Waals surface area contributed by atoms with Crippen molar-refractivity contribution in [3.63, 3.8) is 0 Å². The maximum Gasteiger partial charge on any atom is 0.272 e. The van der Waals surface area contributed by atoms with Gasteiger partial charge in [-0.15, -0.1) is 0 Å². The number of carbonyl (C=O) groups excluding carboxylic acids is 2. The van der Waals surface area contributed by atoms with Gasteiger partial charge in [0.2, 0.25) is 5.91 Å². The number of pyridine rings is 1. The smallest absolute Gasteiger partial charge is 0.272 e. The van der Waals surface area contributed by atoms with E-state index >= 15 is 0 Å². The number of aromatic nitrogens is 3. The van der Waals surface area contributed by atoms with E-state index in [-0.39, 0.29) is 23.9 Å². The lowest BCUT2D eigenvalue weighted by molar-refractivity contribution is -0.135. The minimum absolute atomic E-state index is 0.0337. The molecule has 26 heavy (non-hydrogen) atoms. The summed E-state index contributed by atoms with van der Waals surface area (Å²) in [4.78, 5) is 37.4. The van der Waals surface area contributed by atoms with Gasteiger partial charge in [-0.25, -0.2) is 4.98 Å². The second-order valence-electron chi connectivity index (χ2n) is 6.87. The maximum atomic E-state index is 12.9. The molecule has 0 aromatic carbocycles. The summed E-state index contributed by atoms with van der Waals surface area (Å²) in [5, 5.41) is 0. The van der Waals surface area contributed by atoms with Crippen LogP contribution in [0.3, 0.4) is 0 Å².